The van der Waals surface area contributed by atoms with Crippen LogP contribution in [0.1, 0.15) is 17.3 Å². The van der Waals surface area contributed by atoms with Crippen LogP contribution in [-0.4, -0.2) is 34.4 Å². The van der Waals surface area contributed by atoms with E-state index in [4.69, 9.17) is 4.74 Å². The Bertz CT molecular complexity index is 1010. The van der Waals surface area contributed by atoms with E-state index in [0.717, 1.165) is 0 Å². The molecule has 2 aromatic carbocycles. The molecule has 0 aliphatic rings. The molecule has 0 bridgehead atoms. The number of benzene rings is 2. The number of hydrogen-bond donors (Lipinski definition) is 2. The average molecular weight is 493 g/mol. The van der Waals surface area contributed by atoms with Crippen molar-refractivity contribution in [1.82, 2.24) is 10.2 Å². The third-order valence-electron chi connectivity index (χ3n) is 3.53. The van der Waals surface area contributed by atoms with E-state index in [-0.39, 0.29) is 17.6 Å². The highest BCUT2D eigenvalue weighted by atomic mass is 79.9. The Balaban J connectivity index is 1.53. The molecule has 2 amide bonds. The number of ether oxygens (including phenoxy) is 1. The van der Waals surface area contributed by atoms with Gasteiger partial charge in [-0.1, -0.05) is 47.4 Å². The van der Waals surface area contributed by atoms with Crippen molar-refractivity contribution in [3.63, 3.8) is 0 Å². The number of nitrogens with zero attached hydrogens (tertiary/aromatic N) is 2. The highest BCUT2D eigenvalue weighted by molar-refractivity contribution is 9.10. The summed E-state index contributed by atoms with van der Waals surface area (Å²) in [5.41, 5.74) is 1.13. The second kappa shape index (κ2) is 10.4. The van der Waals surface area contributed by atoms with Crippen LogP contribution < -0.4 is 15.4 Å². The van der Waals surface area contributed by atoms with Crippen LogP contribution in [0.5, 0.6) is 5.75 Å². The Hall–Kier alpha value is -2.43. The summed E-state index contributed by atoms with van der Waals surface area (Å²) in [6, 6.07) is 14.4. The first-order chi connectivity index (χ1) is 14.1. The lowest BCUT2D eigenvalue weighted by atomic mass is 10.2. The van der Waals surface area contributed by atoms with Crippen molar-refractivity contribution in [2.75, 3.05) is 23.0 Å². The van der Waals surface area contributed by atoms with Crippen LogP contribution in [0.15, 0.2) is 57.3 Å². The van der Waals surface area contributed by atoms with E-state index in [1.807, 2.05) is 25.1 Å². The van der Waals surface area contributed by atoms with Crippen molar-refractivity contribution < 1.29 is 14.3 Å². The van der Waals surface area contributed by atoms with Crippen LogP contribution in [0.2, 0.25) is 0 Å². The Morgan fingerprint density at radius 2 is 1.86 bits per heavy atom. The van der Waals surface area contributed by atoms with Gasteiger partial charge in [0.2, 0.25) is 11.0 Å². The van der Waals surface area contributed by atoms with Gasteiger partial charge >= 0.3 is 0 Å². The minimum Gasteiger partial charge on any atom is -0.492 e. The predicted octanol–water partition coefficient (Wildman–Crippen LogP) is 4.68. The van der Waals surface area contributed by atoms with Gasteiger partial charge in [-0.15, -0.1) is 10.2 Å². The molecule has 0 atom stereocenters. The van der Waals surface area contributed by atoms with Crippen molar-refractivity contribution in [3.8, 4) is 5.75 Å². The van der Waals surface area contributed by atoms with Gasteiger partial charge in [-0.05, 0) is 47.1 Å². The van der Waals surface area contributed by atoms with Gasteiger partial charge in [-0.25, -0.2) is 0 Å². The van der Waals surface area contributed by atoms with Gasteiger partial charge in [0, 0.05) is 4.47 Å². The maximum Gasteiger partial charge on any atom is 0.258 e. The first-order valence-corrected chi connectivity index (χ1v) is 11.2. The van der Waals surface area contributed by atoms with Crippen LogP contribution in [0, 0.1) is 0 Å². The molecule has 1 aromatic heterocycles. The van der Waals surface area contributed by atoms with E-state index in [0.29, 0.717) is 37.6 Å². The minimum absolute atomic E-state index is 0.160. The summed E-state index contributed by atoms with van der Waals surface area (Å²) in [6.07, 6.45) is 0. The maximum atomic E-state index is 12.3. The summed E-state index contributed by atoms with van der Waals surface area (Å²) in [4.78, 5) is 24.6. The number of carbonyl (C=O) groups is 2. The van der Waals surface area contributed by atoms with Crippen molar-refractivity contribution in [1.29, 1.82) is 0 Å². The molecule has 7 nitrogen and oxygen atoms in total. The summed E-state index contributed by atoms with van der Waals surface area (Å²) in [5.74, 6) is 0.320. The van der Waals surface area contributed by atoms with Gasteiger partial charge in [0.05, 0.1) is 23.6 Å². The molecule has 0 saturated heterocycles. The van der Waals surface area contributed by atoms with Gasteiger partial charge in [-0.3, -0.25) is 14.9 Å². The first kappa shape index (κ1) is 21.3. The van der Waals surface area contributed by atoms with Crippen molar-refractivity contribution in [3.05, 3.63) is 58.6 Å². The van der Waals surface area contributed by atoms with E-state index in [2.05, 4.69) is 36.8 Å². The molecule has 0 fully saturated rings. The number of amides is 2. The third-order valence-corrected chi connectivity index (χ3v) is 6.20. The Morgan fingerprint density at radius 3 is 2.66 bits per heavy atom. The van der Waals surface area contributed by atoms with E-state index < -0.39 is 0 Å². The molecule has 0 spiro atoms. The number of rotatable bonds is 8. The van der Waals surface area contributed by atoms with E-state index in [1.165, 1.54) is 23.1 Å². The summed E-state index contributed by atoms with van der Waals surface area (Å²) in [6.45, 7) is 2.40. The standard InChI is InChI=1S/C19H17BrN4O3S2/c1-2-27-15-10-6-5-9-14(15)21-16(25)11-28-19-24-23-18(29-19)22-17(26)12-7-3-4-8-13(12)20/h3-10H,2,11H2,1H3,(H,21,25)(H,22,23,26). The average Bonchev–Trinajstić information content (AvgIpc) is 3.16. The fourth-order valence-electron chi connectivity index (χ4n) is 2.29. The first-order valence-electron chi connectivity index (χ1n) is 8.60. The number of nitrogens with one attached hydrogen (secondary N) is 2. The van der Waals surface area contributed by atoms with Gasteiger partial charge < -0.3 is 10.1 Å². The second-order valence-corrected chi connectivity index (χ2v) is 8.63. The summed E-state index contributed by atoms with van der Waals surface area (Å²) < 4.78 is 6.78. The van der Waals surface area contributed by atoms with Crippen LogP contribution in [0.4, 0.5) is 10.8 Å². The number of hydrogen-bond acceptors (Lipinski definition) is 7. The zero-order chi connectivity index (χ0) is 20.6. The zero-order valence-electron chi connectivity index (χ0n) is 15.3. The normalized spacial score (nSPS) is 10.4. The molecule has 0 aliphatic heterocycles. The molecule has 0 aliphatic carbocycles. The molecule has 3 rings (SSSR count). The molecule has 10 heteroatoms. The maximum absolute atomic E-state index is 12.3. The smallest absolute Gasteiger partial charge is 0.258 e. The van der Waals surface area contributed by atoms with Gasteiger partial charge in [-0.2, -0.15) is 0 Å². The highest BCUT2D eigenvalue weighted by Gasteiger charge is 2.14. The third kappa shape index (κ3) is 6.02. The van der Waals surface area contributed by atoms with Gasteiger partial charge in [0.1, 0.15) is 5.75 Å². The fraction of sp³-hybridized carbons (Fsp3) is 0.158. The van der Waals surface area contributed by atoms with Gasteiger partial charge in [0.15, 0.2) is 4.34 Å². The lowest BCUT2D eigenvalue weighted by Crippen LogP contribution is -2.14. The largest absolute Gasteiger partial charge is 0.492 e. The van der Waals surface area contributed by atoms with Crippen molar-refractivity contribution in [2.45, 2.75) is 11.3 Å². The monoisotopic (exact) mass is 492 g/mol. The van der Waals surface area contributed by atoms with E-state index >= 15 is 0 Å². The molecule has 0 saturated carbocycles. The van der Waals surface area contributed by atoms with Crippen LogP contribution >= 0.6 is 39.0 Å². The lowest BCUT2D eigenvalue weighted by Gasteiger charge is -2.10. The number of halogens is 1. The lowest BCUT2D eigenvalue weighted by molar-refractivity contribution is -0.113. The van der Waals surface area contributed by atoms with Crippen molar-refractivity contribution >= 4 is 61.7 Å². The number of anilines is 2. The molecule has 3 aromatic rings. The SMILES string of the molecule is CCOc1ccccc1NC(=O)CSc1nnc(NC(=O)c2ccccc2Br)s1. The molecule has 150 valence electrons. The molecule has 29 heavy (non-hydrogen) atoms. The van der Waals surface area contributed by atoms with Crippen LogP contribution in [-0.2, 0) is 4.79 Å². The topological polar surface area (TPSA) is 93.2 Å². The summed E-state index contributed by atoms with van der Waals surface area (Å²) in [5, 5.41) is 13.9. The number of aromatic nitrogens is 2. The number of carbonyl (C=O) groups excluding carboxylic acids is 2. The quantitative estimate of drug-likeness (QED) is 0.350. The summed E-state index contributed by atoms with van der Waals surface area (Å²) in [7, 11) is 0. The molecule has 1 heterocycles. The second-order valence-electron chi connectivity index (χ2n) is 5.57. The Kier molecular flexibility index (Phi) is 7.62. The molecule has 2 N–H and O–H groups in total. The number of thioether (sulfide) groups is 1. The molecular formula is C19H17BrN4O3S2. The predicted molar refractivity (Wildman–Crippen MR) is 119 cm³/mol. The Morgan fingerprint density at radius 1 is 1.10 bits per heavy atom. The van der Waals surface area contributed by atoms with E-state index in [1.54, 1.807) is 30.3 Å². The van der Waals surface area contributed by atoms with Crippen LogP contribution in [0.25, 0.3) is 0 Å². The highest BCUT2D eigenvalue weighted by Crippen LogP contribution is 2.28. The van der Waals surface area contributed by atoms with Gasteiger partial charge in [0.25, 0.3) is 5.91 Å². The van der Waals surface area contributed by atoms with E-state index in [9.17, 15) is 9.59 Å². The molecule has 0 radical (unpaired) electrons. The fourth-order valence-corrected chi connectivity index (χ4v) is 4.31. The summed E-state index contributed by atoms with van der Waals surface area (Å²) >= 11 is 5.80. The Labute approximate surface area is 184 Å². The van der Waals surface area contributed by atoms with Crippen LogP contribution in [0.3, 0.4) is 0 Å². The molecular weight excluding hydrogens is 476 g/mol. The minimum atomic E-state index is -0.282. The zero-order valence-corrected chi connectivity index (χ0v) is 18.6. The van der Waals surface area contributed by atoms with Crippen molar-refractivity contribution in [2.24, 2.45) is 0 Å². The molecule has 0 unspecified atom stereocenters. The number of para-hydroxylation sites is 2.